The van der Waals surface area contributed by atoms with Crippen molar-refractivity contribution >= 4 is 23.9 Å². The summed E-state index contributed by atoms with van der Waals surface area (Å²) in [5.41, 5.74) is -0.743. The third kappa shape index (κ3) is 7.11. The molecule has 1 saturated carbocycles. The first-order valence-electron chi connectivity index (χ1n) is 13.7. The number of amides is 2. The van der Waals surface area contributed by atoms with E-state index in [4.69, 9.17) is 4.74 Å². The van der Waals surface area contributed by atoms with Gasteiger partial charge in [0.15, 0.2) is 12.9 Å². The monoisotopic (exact) mass is 613 g/mol. The number of carbonyl (C=O) groups excluding carboxylic acids is 3. The second kappa shape index (κ2) is 13.1. The van der Waals surface area contributed by atoms with Crippen molar-refractivity contribution in [2.75, 3.05) is 25.0 Å². The summed E-state index contributed by atoms with van der Waals surface area (Å²) in [6, 6.07) is 9.24. The van der Waals surface area contributed by atoms with Crippen LogP contribution in [-0.4, -0.2) is 64.6 Å². The van der Waals surface area contributed by atoms with E-state index in [9.17, 15) is 42.0 Å². The fourth-order valence-corrected chi connectivity index (χ4v) is 4.47. The van der Waals surface area contributed by atoms with Crippen molar-refractivity contribution in [2.24, 2.45) is 0 Å². The maximum atomic E-state index is 13.5. The van der Waals surface area contributed by atoms with Crippen molar-refractivity contribution in [3.05, 3.63) is 75.2 Å². The molecular formula is C30H27F4N5O5. The Morgan fingerprint density at radius 3 is 2.45 bits per heavy atom. The Hall–Kier alpha value is -5.06. The van der Waals surface area contributed by atoms with E-state index in [0.29, 0.717) is 19.1 Å². The standard InChI is InChI=1S/C28H21F4N5O5.C2H6/c29-22(30)12-42-24-8-17(19-4-1-15(9-33)5-20(19)26(40)36-13-28(31,32)14-36)7-23(34-24)35-25(39)21-6-16(11-38)10-37(27(21)41)18-2-3-18;1-2/h1,4-8,10-11,18,22H,2-3,12-14H2,(H,34,35,39);1-2H3. The molecule has 0 spiro atoms. The Balaban J connectivity index is 0.00000216. The van der Waals surface area contributed by atoms with Crippen LogP contribution >= 0.6 is 0 Å². The molecule has 0 atom stereocenters. The second-order valence-electron chi connectivity index (χ2n) is 9.87. The number of nitrogens with zero attached hydrogens (tertiary/aromatic N) is 4. The predicted molar refractivity (Wildman–Crippen MR) is 150 cm³/mol. The number of benzene rings is 1. The second-order valence-corrected chi connectivity index (χ2v) is 9.87. The number of ether oxygens (including phenoxy) is 1. The average molecular weight is 614 g/mol. The number of hydrogen-bond acceptors (Lipinski definition) is 7. The van der Waals surface area contributed by atoms with Crippen molar-refractivity contribution in [3.63, 3.8) is 0 Å². The van der Waals surface area contributed by atoms with Crippen molar-refractivity contribution in [1.29, 1.82) is 5.26 Å². The van der Waals surface area contributed by atoms with Crippen molar-refractivity contribution in [3.8, 4) is 23.1 Å². The third-order valence-electron chi connectivity index (χ3n) is 6.61. The molecule has 0 bridgehead atoms. The summed E-state index contributed by atoms with van der Waals surface area (Å²) in [6.07, 6.45) is 0.384. The van der Waals surface area contributed by atoms with E-state index >= 15 is 0 Å². The van der Waals surface area contributed by atoms with Gasteiger partial charge in [0.05, 0.1) is 24.7 Å². The summed E-state index contributed by atoms with van der Waals surface area (Å²) in [4.78, 5) is 55.6. The average Bonchev–Trinajstić information content (AvgIpc) is 3.84. The van der Waals surface area contributed by atoms with E-state index in [-0.39, 0.29) is 51.1 Å². The minimum absolute atomic E-state index is 0.0631. The van der Waals surface area contributed by atoms with Crippen molar-refractivity contribution < 1.29 is 36.7 Å². The van der Waals surface area contributed by atoms with E-state index in [1.165, 1.54) is 41.1 Å². The number of rotatable bonds is 9. The number of halogens is 4. The van der Waals surface area contributed by atoms with E-state index in [2.05, 4.69) is 10.3 Å². The molecule has 1 aliphatic carbocycles. The van der Waals surface area contributed by atoms with Crippen LogP contribution in [0.3, 0.4) is 0 Å². The number of aldehydes is 1. The van der Waals surface area contributed by atoms with Crippen LogP contribution in [0.25, 0.3) is 11.1 Å². The van der Waals surface area contributed by atoms with Crippen LogP contribution in [0.5, 0.6) is 5.88 Å². The predicted octanol–water partition coefficient (Wildman–Crippen LogP) is 4.94. The smallest absolute Gasteiger partial charge is 0.282 e. The maximum absolute atomic E-state index is 13.5. The molecule has 0 unspecified atom stereocenters. The molecule has 44 heavy (non-hydrogen) atoms. The first-order valence-corrected chi connectivity index (χ1v) is 13.7. The number of nitriles is 1. The van der Waals surface area contributed by atoms with E-state index < -0.39 is 49.4 Å². The molecule has 0 radical (unpaired) electrons. The molecule has 1 N–H and O–H groups in total. The number of hydrogen-bond donors (Lipinski definition) is 1. The minimum atomic E-state index is -3.05. The van der Waals surface area contributed by atoms with Gasteiger partial charge in [0.1, 0.15) is 11.4 Å². The van der Waals surface area contributed by atoms with Gasteiger partial charge in [0.2, 0.25) is 5.88 Å². The number of likely N-dealkylation sites (tertiary alicyclic amines) is 1. The highest BCUT2D eigenvalue weighted by molar-refractivity contribution is 6.05. The number of aromatic nitrogens is 2. The largest absolute Gasteiger partial charge is 0.472 e. The minimum Gasteiger partial charge on any atom is -0.472 e. The Kier molecular flexibility index (Phi) is 9.46. The lowest BCUT2D eigenvalue weighted by molar-refractivity contribution is -0.113. The lowest BCUT2D eigenvalue weighted by Crippen LogP contribution is -2.58. The van der Waals surface area contributed by atoms with E-state index in [1.54, 1.807) is 0 Å². The summed E-state index contributed by atoms with van der Waals surface area (Å²) in [6.45, 7) is 1.31. The van der Waals surface area contributed by atoms with Crippen LogP contribution in [0.15, 0.2) is 47.4 Å². The highest BCUT2D eigenvalue weighted by Crippen LogP contribution is 2.35. The van der Waals surface area contributed by atoms with Crippen molar-refractivity contribution in [1.82, 2.24) is 14.5 Å². The fraction of sp³-hybridized carbons (Fsp3) is 0.333. The van der Waals surface area contributed by atoms with Gasteiger partial charge in [-0.1, -0.05) is 19.9 Å². The fourth-order valence-electron chi connectivity index (χ4n) is 4.47. The quantitative estimate of drug-likeness (QED) is 0.267. The normalized spacial score (nSPS) is 14.9. The van der Waals surface area contributed by atoms with Gasteiger partial charge in [-0.2, -0.15) is 10.2 Å². The van der Waals surface area contributed by atoms with Crippen LogP contribution in [0.1, 0.15) is 69.4 Å². The molecule has 3 heterocycles. The molecule has 2 amide bonds. The topological polar surface area (TPSA) is 134 Å². The molecule has 1 saturated heterocycles. The van der Waals surface area contributed by atoms with Crippen LogP contribution in [0, 0.1) is 11.3 Å². The zero-order valence-electron chi connectivity index (χ0n) is 23.7. The van der Waals surface area contributed by atoms with Crippen molar-refractivity contribution in [2.45, 2.75) is 45.1 Å². The van der Waals surface area contributed by atoms with Gasteiger partial charge in [0, 0.05) is 29.4 Å². The number of pyridine rings is 2. The first kappa shape index (κ1) is 31.9. The highest BCUT2D eigenvalue weighted by Gasteiger charge is 2.46. The SMILES string of the molecule is CC.N#Cc1ccc(-c2cc(NC(=O)c3cc(C=O)cn(C4CC4)c3=O)nc(OCC(F)F)c2)c(C(=O)N2CC(F)(F)C2)c1. The Morgan fingerprint density at radius 1 is 1.16 bits per heavy atom. The molecule has 14 heteroatoms. The van der Waals surface area contributed by atoms with Gasteiger partial charge in [-0.05, 0) is 48.2 Å². The number of carbonyl (C=O) groups is 3. The Morgan fingerprint density at radius 2 is 1.86 bits per heavy atom. The zero-order chi connectivity index (χ0) is 32.2. The third-order valence-corrected chi connectivity index (χ3v) is 6.61. The zero-order valence-corrected chi connectivity index (χ0v) is 23.7. The van der Waals surface area contributed by atoms with Gasteiger partial charge in [-0.25, -0.2) is 17.6 Å². The number of alkyl halides is 4. The van der Waals surface area contributed by atoms with E-state index in [1.807, 2.05) is 19.9 Å². The molecule has 10 nitrogen and oxygen atoms in total. The summed E-state index contributed by atoms with van der Waals surface area (Å²) in [7, 11) is 0. The first-order chi connectivity index (χ1) is 21.0. The molecule has 3 aromatic rings. The molecule has 2 fully saturated rings. The summed E-state index contributed by atoms with van der Waals surface area (Å²) < 4.78 is 59.2. The molecule has 230 valence electrons. The summed E-state index contributed by atoms with van der Waals surface area (Å²) in [5.74, 6) is -5.42. The van der Waals surface area contributed by atoms with Gasteiger partial charge in [-0.3, -0.25) is 19.2 Å². The van der Waals surface area contributed by atoms with Crippen LogP contribution in [0.4, 0.5) is 23.4 Å². The molecule has 2 aliphatic rings. The van der Waals surface area contributed by atoms with E-state index in [0.717, 1.165) is 11.0 Å². The van der Waals surface area contributed by atoms with Gasteiger partial charge in [0.25, 0.3) is 29.7 Å². The molecule has 1 aromatic carbocycles. The lowest BCUT2D eigenvalue weighted by atomic mass is 9.96. The molecule has 1 aliphatic heterocycles. The highest BCUT2D eigenvalue weighted by atomic mass is 19.3. The van der Waals surface area contributed by atoms with Gasteiger partial charge < -0.3 is 19.5 Å². The maximum Gasteiger partial charge on any atom is 0.282 e. The van der Waals surface area contributed by atoms with Gasteiger partial charge in [-0.15, -0.1) is 0 Å². The Bertz CT molecular complexity index is 1690. The van der Waals surface area contributed by atoms with Crippen LogP contribution < -0.4 is 15.6 Å². The summed E-state index contributed by atoms with van der Waals surface area (Å²) in [5, 5.41) is 11.7. The molecule has 5 rings (SSSR count). The van der Waals surface area contributed by atoms with Crippen LogP contribution in [0.2, 0.25) is 0 Å². The summed E-state index contributed by atoms with van der Waals surface area (Å²) >= 11 is 0. The number of nitrogens with one attached hydrogen (secondary N) is 1. The molecular weight excluding hydrogens is 586 g/mol. The molecule has 2 aromatic heterocycles. The lowest BCUT2D eigenvalue weighted by Gasteiger charge is -2.39. The van der Waals surface area contributed by atoms with Gasteiger partial charge >= 0.3 is 0 Å². The number of anilines is 1. The Labute approximate surface area is 248 Å². The van der Waals surface area contributed by atoms with Crippen LogP contribution in [-0.2, 0) is 0 Å².